The molecule has 118 valence electrons. The van der Waals surface area contributed by atoms with Crippen molar-refractivity contribution in [1.29, 1.82) is 0 Å². The Morgan fingerprint density at radius 1 is 1.36 bits per heavy atom. The summed E-state index contributed by atoms with van der Waals surface area (Å²) in [6.07, 6.45) is 0. The van der Waals surface area contributed by atoms with Crippen LogP contribution in [0.25, 0.3) is 5.69 Å². The van der Waals surface area contributed by atoms with Crippen molar-refractivity contribution in [1.82, 2.24) is 14.3 Å². The molecule has 2 aromatic rings. The van der Waals surface area contributed by atoms with Crippen LogP contribution in [-0.4, -0.2) is 26.1 Å². The summed E-state index contributed by atoms with van der Waals surface area (Å²) in [6, 6.07) is 5.77. The molecule has 0 bridgehead atoms. The highest BCUT2D eigenvalue weighted by Gasteiger charge is 2.36. The Bertz CT molecular complexity index is 794. The number of aromatic nitrogens is 3. The number of hydrogen-bond acceptors (Lipinski definition) is 4. The van der Waals surface area contributed by atoms with E-state index in [1.54, 1.807) is 14.0 Å². The average Bonchev–Trinajstić information content (AvgIpc) is 2.66. The maximum Gasteiger partial charge on any atom is 0.350 e. The van der Waals surface area contributed by atoms with Gasteiger partial charge in [-0.15, -0.1) is 0 Å². The first-order valence-corrected chi connectivity index (χ1v) is 7.28. The van der Waals surface area contributed by atoms with E-state index in [1.165, 1.54) is 9.25 Å². The molecule has 0 fully saturated rings. The van der Waals surface area contributed by atoms with Gasteiger partial charge in [0.25, 0.3) is 0 Å². The van der Waals surface area contributed by atoms with E-state index >= 15 is 0 Å². The van der Waals surface area contributed by atoms with Gasteiger partial charge >= 0.3 is 5.69 Å². The van der Waals surface area contributed by atoms with Gasteiger partial charge in [0, 0.05) is 7.05 Å². The third-order valence-electron chi connectivity index (χ3n) is 3.98. The SMILES string of the molecule is Cn1nc2n(c1=O)-c1cc(C(C)(C)C)ccc1OCC2(C)O. The minimum Gasteiger partial charge on any atom is -0.488 e. The summed E-state index contributed by atoms with van der Waals surface area (Å²) in [5, 5.41) is 14.8. The largest absolute Gasteiger partial charge is 0.488 e. The molecule has 1 aromatic carbocycles. The van der Waals surface area contributed by atoms with Gasteiger partial charge in [0.1, 0.15) is 12.4 Å². The fraction of sp³-hybridized carbons (Fsp3) is 0.500. The van der Waals surface area contributed by atoms with Crippen LogP contribution in [0.1, 0.15) is 39.1 Å². The van der Waals surface area contributed by atoms with Crippen LogP contribution in [0, 0.1) is 0 Å². The van der Waals surface area contributed by atoms with Gasteiger partial charge in [0.2, 0.25) is 0 Å². The number of nitrogens with zero attached hydrogens (tertiary/aromatic N) is 3. The highest BCUT2D eigenvalue weighted by Crippen LogP contribution is 2.34. The van der Waals surface area contributed by atoms with Crippen LogP contribution in [0.2, 0.25) is 0 Å². The molecule has 1 aliphatic rings. The summed E-state index contributed by atoms with van der Waals surface area (Å²) in [6.45, 7) is 7.97. The Morgan fingerprint density at radius 2 is 2.05 bits per heavy atom. The fourth-order valence-electron chi connectivity index (χ4n) is 2.59. The maximum atomic E-state index is 12.5. The lowest BCUT2D eigenvalue weighted by Crippen LogP contribution is -2.32. The van der Waals surface area contributed by atoms with E-state index in [4.69, 9.17) is 4.74 Å². The highest BCUT2D eigenvalue weighted by molar-refractivity contribution is 5.52. The molecule has 0 radical (unpaired) electrons. The van der Waals surface area contributed by atoms with Gasteiger partial charge in [-0.25, -0.2) is 14.0 Å². The highest BCUT2D eigenvalue weighted by atomic mass is 16.5. The third kappa shape index (κ3) is 2.14. The molecule has 1 aliphatic heterocycles. The first-order chi connectivity index (χ1) is 10.1. The summed E-state index contributed by atoms with van der Waals surface area (Å²) in [7, 11) is 1.58. The lowest BCUT2D eigenvalue weighted by atomic mass is 9.87. The van der Waals surface area contributed by atoms with Crippen LogP contribution in [0.5, 0.6) is 5.75 Å². The molecule has 3 rings (SSSR count). The van der Waals surface area contributed by atoms with E-state index in [9.17, 15) is 9.90 Å². The summed E-state index contributed by atoms with van der Waals surface area (Å²) in [5.74, 6) is 0.868. The molecule has 1 aromatic heterocycles. The molecular weight excluding hydrogens is 282 g/mol. The Hall–Kier alpha value is -2.08. The molecule has 0 aliphatic carbocycles. The molecule has 0 saturated heterocycles. The van der Waals surface area contributed by atoms with Crippen LogP contribution < -0.4 is 10.4 Å². The Kier molecular flexibility index (Phi) is 3.01. The maximum absolute atomic E-state index is 12.5. The molecule has 1 N–H and O–H groups in total. The number of hydrogen-bond donors (Lipinski definition) is 1. The van der Waals surface area contributed by atoms with Gasteiger partial charge in [-0.3, -0.25) is 0 Å². The van der Waals surface area contributed by atoms with Crippen LogP contribution in [0.15, 0.2) is 23.0 Å². The second-order valence-electron chi connectivity index (χ2n) is 7.06. The van der Waals surface area contributed by atoms with Gasteiger partial charge in [0.15, 0.2) is 11.4 Å². The minimum absolute atomic E-state index is 0.0469. The number of benzene rings is 1. The van der Waals surface area contributed by atoms with Gasteiger partial charge in [0.05, 0.1) is 5.69 Å². The number of ether oxygens (including phenoxy) is 1. The molecule has 0 spiro atoms. The quantitative estimate of drug-likeness (QED) is 0.800. The minimum atomic E-state index is -1.33. The topological polar surface area (TPSA) is 69.3 Å². The molecule has 6 nitrogen and oxygen atoms in total. The normalized spacial score (nSPS) is 20.8. The van der Waals surface area contributed by atoms with Crippen LogP contribution in [0.4, 0.5) is 0 Å². The van der Waals surface area contributed by atoms with E-state index in [1.807, 2.05) is 18.2 Å². The second kappa shape index (κ2) is 4.46. The monoisotopic (exact) mass is 303 g/mol. The predicted octanol–water partition coefficient (Wildman–Crippen LogP) is 1.47. The molecular formula is C16H21N3O3. The van der Waals surface area contributed by atoms with Crippen molar-refractivity contribution < 1.29 is 9.84 Å². The first-order valence-electron chi connectivity index (χ1n) is 7.28. The summed E-state index contributed by atoms with van der Waals surface area (Å²) < 4.78 is 8.39. The molecule has 1 atom stereocenters. The number of aryl methyl sites for hydroxylation is 1. The molecule has 22 heavy (non-hydrogen) atoms. The standard InChI is InChI=1S/C16H21N3O3/c1-15(2,3)10-6-7-12-11(8-10)19-13(16(4,21)9-22-12)17-18(5)14(19)20/h6-8,21H,9H2,1-5H3. The van der Waals surface area contributed by atoms with Crippen molar-refractivity contribution in [2.45, 2.75) is 38.7 Å². The zero-order chi connectivity index (χ0) is 16.3. The van der Waals surface area contributed by atoms with Crippen LogP contribution >= 0.6 is 0 Å². The van der Waals surface area contributed by atoms with Gasteiger partial charge < -0.3 is 9.84 Å². The molecule has 1 unspecified atom stereocenters. The van der Waals surface area contributed by atoms with Gasteiger partial charge in [-0.1, -0.05) is 26.8 Å². The summed E-state index contributed by atoms with van der Waals surface area (Å²) in [4.78, 5) is 12.5. The Labute approximate surface area is 129 Å². The zero-order valence-electron chi connectivity index (χ0n) is 13.5. The summed E-state index contributed by atoms with van der Waals surface area (Å²) >= 11 is 0. The van der Waals surface area contributed by atoms with E-state index in [-0.39, 0.29) is 17.7 Å². The van der Waals surface area contributed by atoms with Gasteiger partial charge in [-0.05, 0) is 30.0 Å². The van der Waals surface area contributed by atoms with Crippen molar-refractivity contribution in [3.8, 4) is 11.4 Å². The number of aliphatic hydroxyl groups is 1. The average molecular weight is 303 g/mol. The van der Waals surface area contributed by atoms with Crippen molar-refractivity contribution >= 4 is 0 Å². The second-order valence-corrected chi connectivity index (χ2v) is 7.06. The Morgan fingerprint density at radius 3 is 2.68 bits per heavy atom. The lowest BCUT2D eigenvalue weighted by molar-refractivity contribution is 0.00199. The lowest BCUT2D eigenvalue weighted by Gasteiger charge is -2.20. The van der Waals surface area contributed by atoms with E-state index < -0.39 is 5.60 Å². The van der Waals surface area contributed by atoms with Crippen LogP contribution in [0.3, 0.4) is 0 Å². The molecule has 0 saturated carbocycles. The molecule has 2 heterocycles. The molecule has 0 amide bonds. The number of fused-ring (bicyclic) bond motifs is 3. The van der Waals surface area contributed by atoms with E-state index in [0.717, 1.165) is 5.56 Å². The Balaban J connectivity index is 2.35. The third-order valence-corrected chi connectivity index (χ3v) is 3.98. The molecule has 6 heteroatoms. The van der Waals surface area contributed by atoms with Crippen molar-refractivity contribution in [3.05, 3.63) is 40.1 Å². The van der Waals surface area contributed by atoms with E-state index in [2.05, 4.69) is 25.9 Å². The zero-order valence-corrected chi connectivity index (χ0v) is 13.5. The predicted molar refractivity (Wildman–Crippen MR) is 82.6 cm³/mol. The summed E-state index contributed by atoms with van der Waals surface area (Å²) in [5.41, 5.74) is 0.0152. The fourth-order valence-corrected chi connectivity index (χ4v) is 2.59. The smallest absolute Gasteiger partial charge is 0.350 e. The van der Waals surface area contributed by atoms with Crippen molar-refractivity contribution in [2.24, 2.45) is 7.05 Å². The van der Waals surface area contributed by atoms with Crippen molar-refractivity contribution in [2.75, 3.05) is 6.61 Å². The van der Waals surface area contributed by atoms with Crippen molar-refractivity contribution in [3.63, 3.8) is 0 Å². The first kappa shape index (κ1) is 14.8. The van der Waals surface area contributed by atoms with E-state index in [0.29, 0.717) is 17.3 Å². The van der Waals surface area contributed by atoms with Crippen LogP contribution in [-0.2, 0) is 18.1 Å². The number of rotatable bonds is 0. The van der Waals surface area contributed by atoms with Gasteiger partial charge in [-0.2, -0.15) is 5.10 Å².